The first-order chi connectivity index (χ1) is 20.2. The molecule has 0 bridgehead atoms. The van der Waals surface area contributed by atoms with Crippen molar-refractivity contribution < 1.29 is 37.3 Å². The third kappa shape index (κ3) is 7.18. The number of benzene rings is 1. The number of hydrogen-bond acceptors (Lipinski definition) is 7. The minimum absolute atomic E-state index is 0.0769. The van der Waals surface area contributed by atoms with Gasteiger partial charge < -0.3 is 24.6 Å². The molecule has 2 saturated heterocycles. The third-order valence-corrected chi connectivity index (χ3v) is 8.63. The summed E-state index contributed by atoms with van der Waals surface area (Å²) in [5, 5.41) is 13.4. The number of carboxylic acid groups (broad SMARTS) is 1. The van der Waals surface area contributed by atoms with Crippen LogP contribution < -0.4 is 10.1 Å². The second kappa shape index (κ2) is 13.6. The number of unbranched alkanes of at least 4 members (excludes halogenated alkanes) is 1. The van der Waals surface area contributed by atoms with E-state index in [1.165, 1.54) is 23.1 Å². The molecule has 11 heteroatoms. The van der Waals surface area contributed by atoms with Gasteiger partial charge in [-0.1, -0.05) is 6.07 Å². The zero-order valence-electron chi connectivity index (χ0n) is 24.0. The lowest BCUT2D eigenvalue weighted by Gasteiger charge is -2.28. The number of hydrogen-bond donors (Lipinski definition) is 2. The lowest BCUT2D eigenvalue weighted by molar-refractivity contribution is -0.143. The van der Waals surface area contributed by atoms with Crippen molar-refractivity contribution in [3.05, 3.63) is 52.5 Å². The molecule has 4 heterocycles. The summed E-state index contributed by atoms with van der Waals surface area (Å²) in [5.74, 6) is -4.09. The van der Waals surface area contributed by atoms with Gasteiger partial charge in [0.05, 0.1) is 26.4 Å². The van der Waals surface area contributed by atoms with E-state index >= 15 is 8.78 Å². The highest BCUT2D eigenvalue weighted by Gasteiger charge is 2.45. The highest BCUT2D eigenvalue weighted by atomic mass is 19.3. The number of nitrogens with zero attached hydrogens (tertiary/aromatic N) is 2. The number of carbonyl (C=O) groups is 1. The first-order valence-corrected chi connectivity index (χ1v) is 14.9. The van der Waals surface area contributed by atoms with Gasteiger partial charge in [0.2, 0.25) is 0 Å². The Labute approximate surface area is 244 Å². The van der Waals surface area contributed by atoms with E-state index in [4.69, 9.17) is 14.2 Å². The summed E-state index contributed by atoms with van der Waals surface area (Å²) in [6.07, 6.45) is 3.86. The standard InChI is InChI=1S/C31H40F3N3O5/c1-40-27-16-23(36-29-25(27)6-4-12-35-29)5-2-3-11-31(33,34)21-9-13-37(17-21)28(30(38)39)26-15-22(32)8-7-20(26)18-42-24-10-14-41-19-24/h7-8,15-16,21,24,28H,2-6,9-14,17-19H2,1H3,(H,35,36)(H,38,39)/t21?,24-,28?/m0/s1. The summed E-state index contributed by atoms with van der Waals surface area (Å²) in [6, 6.07) is 4.63. The van der Waals surface area contributed by atoms with Crippen LogP contribution in [0.15, 0.2) is 24.3 Å². The Kier molecular flexibility index (Phi) is 9.90. The van der Waals surface area contributed by atoms with Crippen LogP contribution in [-0.2, 0) is 33.7 Å². The summed E-state index contributed by atoms with van der Waals surface area (Å²) in [6.45, 7) is 2.12. The summed E-state index contributed by atoms with van der Waals surface area (Å²) >= 11 is 0. The van der Waals surface area contributed by atoms with Crippen molar-refractivity contribution in [2.24, 2.45) is 5.92 Å². The van der Waals surface area contributed by atoms with E-state index in [0.29, 0.717) is 38.0 Å². The second-order valence-corrected chi connectivity index (χ2v) is 11.5. The van der Waals surface area contributed by atoms with E-state index in [0.717, 1.165) is 48.6 Å². The highest BCUT2D eigenvalue weighted by Crippen LogP contribution is 2.40. The Balaban J connectivity index is 1.18. The Bertz CT molecular complexity index is 1220. The number of ether oxygens (including phenoxy) is 3. The summed E-state index contributed by atoms with van der Waals surface area (Å²) in [7, 11) is 1.63. The number of pyridine rings is 1. The van der Waals surface area contributed by atoms with Gasteiger partial charge in [-0.05, 0) is 74.8 Å². The van der Waals surface area contributed by atoms with Crippen LogP contribution in [0.25, 0.3) is 0 Å². The van der Waals surface area contributed by atoms with Crippen molar-refractivity contribution in [1.29, 1.82) is 0 Å². The Morgan fingerprint density at radius 3 is 2.90 bits per heavy atom. The number of methoxy groups -OCH3 is 1. The number of alkyl halides is 2. The molecule has 3 aliphatic rings. The highest BCUT2D eigenvalue weighted by molar-refractivity contribution is 5.76. The van der Waals surface area contributed by atoms with Gasteiger partial charge in [0.1, 0.15) is 23.4 Å². The first kappa shape index (κ1) is 30.6. The predicted molar refractivity (Wildman–Crippen MR) is 151 cm³/mol. The van der Waals surface area contributed by atoms with Crippen molar-refractivity contribution in [3.8, 4) is 5.75 Å². The largest absolute Gasteiger partial charge is 0.496 e. The molecule has 2 unspecified atom stereocenters. The number of anilines is 1. The van der Waals surface area contributed by atoms with Crippen LogP contribution in [0.4, 0.5) is 19.0 Å². The molecular weight excluding hydrogens is 551 g/mol. The molecule has 2 aromatic rings. The quantitative estimate of drug-likeness (QED) is 0.300. The number of carboxylic acids is 1. The van der Waals surface area contributed by atoms with Gasteiger partial charge in [-0.3, -0.25) is 9.69 Å². The zero-order chi connectivity index (χ0) is 29.7. The molecule has 2 N–H and O–H groups in total. The minimum Gasteiger partial charge on any atom is -0.496 e. The predicted octanol–water partition coefficient (Wildman–Crippen LogP) is 5.39. The number of fused-ring (bicyclic) bond motifs is 1. The SMILES string of the molecule is COc1cc(CCCCC(F)(F)C2CCN(C(C(=O)O)c3cc(F)ccc3CO[C@H]3CCOC3)C2)nc2c1CCCN2. The van der Waals surface area contributed by atoms with Crippen molar-refractivity contribution in [3.63, 3.8) is 0 Å². The van der Waals surface area contributed by atoms with Crippen molar-refractivity contribution in [1.82, 2.24) is 9.88 Å². The smallest absolute Gasteiger partial charge is 0.325 e. The Hall–Kier alpha value is -2.89. The summed E-state index contributed by atoms with van der Waals surface area (Å²) in [5.41, 5.74) is 2.65. The van der Waals surface area contributed by atoms with E-state index in [-0.39, 0.29) is 44.2 Å². The topological polar surface area (TPSA) is 93.2 Å². The molecule has 230 valence electrons. The monoisotopic (exact) mass is 591 g/mol. The van der Waals surface area contributed by atoms with Crippen LogP contribution in [0.2, 0.25) is 0 Å². The Morgan fingerprint density at radius 2 is 2.14 bits per heavy atom. The molecule has 1 aromatic heterocycles. The van der Waals surface area contributed by atoms with Gasteiger partial charge in [0, 0.05) is 49.4 Å². The molecular formula is C31H40F3N3O5. The van der Waals surface area contributed by atoms with E-state index in [1.54, 1.807) is 7.11 Å². The molecule has 2 fully saturated rings. The van der Waals surface area contributed by atoms with Gasteiger partial charge in [-0.25, -0.2) is 18.2 Å². The number of aromatic nitrogens is 1. The molecule has 0 spiro atoms. The molecule has 3 aliphatic heterocycles. The van der Waals surface area contributed by atoms with Gasteiger partial charge in [-0.15, -0.1) is 0 Å². The molecule has 0 aliphatic carbocycles. The van der Waals surface area contributed by atoms with E-state index in [9.17, 15) is 14.3 Å². The maximum Gasteiger partial charge on any atom is 0.325 e. The van der Waals surface area contributed by atoms with Crippen LogP contribution >= 0.6 is 0 Å². The average Bonchev–Trinajstić information content (AvgIpc) is 3.68. The fourth-order valence-corrected chi connectivity index (χ4v) is 6.30. The summed E-state index contributed by atoms with van der Waals surface area (Å²) in [4.78, 5) is 18.6. The minimum atomic E-state index is -2.95. The van der Waals surface area contributed by atoms with Gasteiger partial charge in [0.15, 0.2) is 0 Å². The molecule has 8 nitrogen and oxygen atoms in total. The maximum absolute atomic E-state index is 15.4. The lowest BCUT2D eigenvalue weighted by atomic mass is 9.94. The zero-order valence-corrected chi connectivity index (χ0v) is 24.0. The second-order valence-electron chi connectivity index (χ2n) is 11.5. The normalized spacial score (nSPS) is 21.6. The van der Waals surface area contributed by atoms with Crippen LogP contribution in [-0.4, -0.2) is 72.9 Å². The van der Waals surface area contributed by atoms with Crippen LogP contribution in [0.5, 0.6) is 5.75 Å². The molecule has 42 heavy (non-hydrogen) atoms. The van der Waals surface area contributed by atoms with Gasteiger partial charge in [-0.2, -0.15) is 0 Å². The number of likely N-dealkylation sites (tertiary alicyclic amines) is 1. The van der Waals surface area contributed by atoms with Crippen molar-refractivity contribution in [2.45, 2.75) is 76.0 Å². The number of aryl methyl sites for hydroxylation is 1. The fraction of sp³-hybridized carbons (Fsp3) is 0.613. The van der Waals surface area contributed by atoms with E-state index in [1.807, 2.05) is 6.07 Å². The maximum atomic E-state index is 15.4. The van der Waals surface area contributed by atoms with Crippen LogP contribution in [0.1, 0.15) is 67.0 Å². The molecule has 3 atom stereocenters. The Morgan fingerprint density at radius 1 is 1.29 bits per heavy atom. The number of rotatable bonds is 13. The van der Waals surface area contributed by atoms with Gasteiger partial charge >= 0.3 is 5.97 Å². The van der Waals surface area contributed by atoms with Crippen molar-refractivity contribution in [2.75, 3.05) is 45.3 Å². The number of nitrogens with one attached hydrogen (secondary N) is 1. The molecule has 0 saturated carbocycles. The average molecular weight is 592 g/mol. The van der Waals surface area contributed by atoms with Gasteiger partial charge in [0.25, 0.3) is 5.92 Å². The number of aliphatic carboxylic acids is 1. The molecule has 5 rings (SSSR count). The fourth-order valence-electron chi connectivity index (χ4n) is 6.30. The lowest BCUT2D eigenvalue weighted by Crippen LogP contribution is -2.36. The van der Waals surface area contributed by atoms with E-state index in [2.05, 4.69) is 10.3 Å². The van der Waals surface area contributed by atoms with Crippen LogP contribution in [0, 0.1) is 11.7 Å². The number of halogens is 3. The molecule has 0 amide bonds. The van der Waals surface area contributed by atoms with E-state index < -0.39 is 29.7 Å². The van der Waals surface area contributed by atoms with Crippen molar-refractivity contribution >= 4 is 11.8 Å². The first-order valence-electron chi connectivity index (χ1n) is 14.9. The third-order valence-electron chi connectivity index (χ3n) is 8.63. The van der Waals surface area contributed by atoms with Crippen LogP contribution in [0.3, 0.4) is 0 Å². The summed E-state index contributed by atoms with van der Waals surface area (Å²) < 4.78 is 61.7. The molecule has 1 aromatic carbocycles. The molecule has 0 radical (unpaired) electrons.